The van der Waals surface area contributed by atoms with Crippen LogP contribution in [0.5, 0.6) is 5.75 Å². The average Bonchev–Trinajstić information content (AvgIpc) is 2.95. The number of hydrogen-bond donors (Lipinski definition) is 0. The zero-order chi connectivity index (χ0) is 16.2. The minimum absolute atomic E-state index is 0.748. The largest absolute Gasteiger partial charge is 0.497 e. The van der Waals surface area contributed by atoms with Crippen LogP contribution >= 0.6 is 23.4 Å². The molecule has 0 N–H and O–H groups in total. The van der Waals surface area contributed by atoms with Gasteiger partial charge in [0.05, 0.1) is 7.11 Å². The molecule has 0 bridgehead atoms. The molecule has 3 rings (SSSR count). The maximum absolute atomic E-state index is 5.91. The van der Waals surface area contributed by atoms with E-state index >= 15 is 0 Å². The summed E-state index contributed by atoms with van der Waals surface area (Å²) in [6.45, 7) is 0. The molecule has 0 aliphatic heterocycles. The molecule has 23 heavy (non-hydrogen) atoms. The number of nitrogens with zero attached hydrogens (tertiary/aromatic N) is 3. The molecule has 3 aromatic rings. The molecule has 4 nitrogen and oxygen atoms in total. The molecule has 0 aliphatic rings. The summed E-state index contributed by atoms with van der Waals surface area (Å²) < 4.78 is 7.26. The number of halogens is 1. The molecule has 0 fully saturated rings. The Hall–Kier alpha value is -1.98. The fraction of sp³-hybridized carbons (Fsp3) is 0.176. The first kappa shape index (κ1) is 15.9. The van der Waals surface area contributed by atoms with E-state index in [4.69, 9.17) is 16.3 Å². The van der Waals surface area contributed by atoms with Gasteiger partial charge in [-0.25, -0.2) is 0 Å². The quantitative estimate of drug-likeness (QED) is 0.641. The van der Waals surface area contributed by atoms with Gasteiger partial charge in [-0.3, -0.25) is 0 Å². The predicted octanol–water partition coefficient (Wildman–Crippen LogP) is 4.44. The summed E-state index contributed by atoms with van der Waals surface area (Å²) in [5.74, 6) is 2.45. The normalized spacial score (nSPS) is 10.7. The highest BCUT2D eigenvalue weighted by molar-refractivity contribution is 7.98. The van der Waals surface area contributed by atoms with E-state index in [1.54, 1.807) is 18.9 Å². The van der Waals surface area contributed by atoms with Gasteiger partial charge in [0.15, 0.2) is 11.0 Å². The van der Waals surface area contributed by atoms with Gasteiger partial charge in [0.1, 0.15) is 5.75 Å². The number of thioether (sulfide) groups is 1. The number of rotatable bonds is 5. The van der Waals surface area contributed by atoms with Crippen molar-refractivity contribution >= 4 is 23.4 Å². The summed E-state index contributed by atoms with van der Waals surface area (Å²) in [4.78, 5) is 0. The topological polar surface area (TPSA) is 39.9 Å². The Bertz CT molecular complexity index is 802. The molecule has 1 aromatic heterocycles. The second kappa shape index (κ2) is 7.06. The van der Waals surface area contributed by atoms with Gasteiger partial charge >= 0.3 is 0 Å². The van der Waals surface area contributed by atoms with Gasteiger partial charge in [0.2, 0.25) is 0 Å². The molecule has 0 unspecified atom stereocenters. The molecule has 6 heteroatoms. The zero-order valence-electron chi connectivity index (χ0n) is 12.9. The Morgan fingerprint density at radius 2 is 1.91 bits per heavy atom. The molecule has 0 aliphatic carbocycles. The van der Waals surface area contributed by atoms with Crippen LogP contribution < -0.4 is 4.74 Å². The van der Waals surface area contributed by atoms with E-state index in [-0.39, 0.29) is 0 Å². The van der Waals surface area contributed by atoms with Gasteiger partial charge < -0.3 is 9.30 Å². The third-order valence-electron chi connectivity index (χ3n) is 3.44. The Morgan fingerprint density at radius 3 is 2.65 bits per heavy atom. The van der Waals surface area contributed by atoms with Crippen LogP contribution in [0, 0.1) is 0 Å². The van der Waals surface area contributed by atoms with E-state index in [2.05, 4.69) is 10.2 Å². The van der Waals surface area contributed by atoms with Crippen LogP contribution in [0.25, 0.3) is 11.4 Å². The van der Waals surface area contributed by atoms with Crippen LogP contribution in [0.2, 0.25) is 5.02 Å². The minimum Gasteiger partial charge on any atom is -0.497 e. The summed E-state index contributed by atoms with van der Waals surface area (Å²) in [6, 6.07) is 15.7. The van der Waals surface area contributed by atoms with E-state index < -0.39 is 0 Å². The first-order chi connectivity index (χ1) is 11.2. The summed E-state index contributed by atoms with van der Waals surface area (Å²) >= 11 is 7.55. The van der Waals surface area contributed by atoms with Crippen LogP contribution in [0.4, 0.5) is 0 Å². The van der Waals surface area contributed by atoms with E-state index in [0.717, 1.165) is 33.1 Å². The lowest BCUT2D eigenvalue weighted by Gasteiger charge is -2.06. The Kier molecular flexibility index (Phi) is 4.88. The molecule has 0 radical (unpaired) electrons. The summed E-state index contributed by atoms with van der Waals surface area (Å²) in [6.07, 6.45) is 0. The van der Waals surface area contributed by atoms with Crippen molar-refractivity contribution in [2.45, 2.75) is 10.9 Å². The molecule has 0 saturated carbocycles. The Labute approximate surface area is 144 Å². The lowest BCUT2D eigenvalue weighted by Crippen LogP contribution is -1.95. The lowest BCUT2D eigenvalue weighted by molar-refractivity contribution is 0.415. The highest BCUT2D eigenvalue weighted by atomic mass is 35.5. The SMILES string of the molecule is COc1cccc(-c2nnc(SCc3ccc(Cl)cc3)n2C)c1. The minimum atomic E-state index is 0.748. The lowest BCUT2D eigenvalue weighted by atomic mass is 10.2. The van der Waals surface area contributed by atoms with Gasteiger partial charge in [0.25, 0.3) is 0 Å². The number of aromatic nitrogens is 3. The van der Waals surface area contributed by atoms with Crippen LogP contribution in [-0.2, 0) is 12.8 Å². The van der Waals surface area contributed by atoms with Crippen molar-refractivity contribution in [3.05, 3.63) is 59.1 Å². The molecule has 0 amide bonds. The van der Waals surface area contributed by atoms with Crippen molar-refractivity contribution in [3.63, 3.8) is 0 Å². The number of methoxy groups -OCH3 is 1. The number of benzene rings is 2. The molecule has 2 aromatic carbocycles. The van der Waals surface area contributed by atoms with Gasteiger partial charge in [0, 0.05) is 23.4 Å². The van der Waals surface area contributed by atoms with Crippen molar-refractivity contribution in [2.75, 3.05) is 7.11 Å². The predicted molar refractivity (Wildman–Crippen MR) is 94.0 cm³/mol. The molecule has 1 heterocycles. The molecular weight excluding hydrogens is 330 g/mol. The second-order valence-corrected chi connectivity index (χ2v) is 6.39. The smallest absolute Gasteiger partial charge is 0.191 e. The fourth-order valence-corrected chi connectivity index (χ4v) is 3.18. The highest BCUT2D eigenvalue weighted by Crippen LogP contribution is 2.27. The third-order valence-corrected chi connectivity index (χ3v) is 4.79. The van der Waals surface area contributed by atoms with Crippen LogP contribution in [-0.4, -0.2) is 21.9 Å². The van der Waals surface area contributed by atoms with Crippen molar-refractivity contribution in [1.29, 1.82) is 0 Å². The standard InChI is InChI=1S/C17H16ClN3OS/c1-21-16(13-4-3-5-15(10-13)22-2)19-20-17(21)23-11-12-6-8-14(18)9-7-12/h3-10H,11H2,1-2H3. The van der Waals surface area contributed by atoms with Crippen molar-refractivity contribution in [2.24, 2.45) is 7.05 Å². The second-order valence-electron chi connectivity index (χ2n) is 5.01. The Balaban J connectivity index is 1.77. The van der Waals surface area contributed by atoms with Crippen molar-refractivity contribution < 1.29 is 4.74 Å². The number of hydrogen-bond acceptors (Lipinski definition) is 4. The van der Waals surface area contributed by atoms with Gasteiger partial charge in [-0.15, -0.1) is 10.2 Å². The van der Waals surface area contributed by atoms with E-state index in [1.165, 1.54) is 5.56 Å². The number of ether oxygens (including phenoxy) is 1. The molecule has 0 spiro atoms. The molecular formula is C17H16ClN3OS. The summed E-state index contributed by atoms with van der Waals surface area (Å²) in [7, 11) is 3.63. The fourth-order valence-electron chi connectivity index (χ4n) is 2.18. The summed E-state index contributed by atoms with van der Waals surface area (Å²) in [5.41, 5.74) is 2.18. The maximum Gasteiger partial charge on any atom is 0.191 e. The molecule has 118 valence electrons. The first-order valence-corrected chi connectivity index (χ1v) is 8.45. The van der Waals surface area contributed by atoms with Crippen LogP contribution in [0.1, 0.15) is 5.56 Å². The molecule has 0 saturated heterocycles. The van der Waals surface area contributed by atoms with Gasteiger partial charge in [-0.2, -0.15) is 0 Å². The van der Waals surface area contributed by atoms with E-state index in [9.17, 15) is 0 Å². The zero-order valence-corrected chi connectivity index (χ0v) is 14.4. The highest BCUT2D eigenvalue weighted by Gasteiger charge is 2.12. The van der Waals surface area contributed by atoms with Crippen molar-refractivity contribution in [3.8, 4) is 17.1 Å². The van der Waals surface area contributed by atoms with E-state index in [1.807, 2.05) is 60.1 Å². The monoisotopic (exact) mass is 345 g/mol. The molecule has 0 atom stereocenters. The first-order valence-electron chi connectivity index (χ1n) is 7.08. The van der Waals surface area contributed by atoms with Gasteiger partial charge in [-0.05, 0) is 29.8 Å². The third kappa shape index (κ3) is 3.68. The Morgan fingerprint density at radius 1 is 1.13 bits per heavy atom. The summed E-state index contributed by atoms with van der Waals surface area (Å²) in [5, 5.41) is 10.2. The van der Waals surface area contributed by atoms with Crippen LogP contribution in [0.3, 0.4) is 0 Å². The average molecular weight is 346 g/mol. The van der Waals surface area contributed by atoms with Crippen LogP contribution in [0.15, 0.2) is 53.7 Å². The maximum atomic E-state index is 5.91. The van der Waals surface area contributed by atoms with Crippen molar-refractivity contribution in [1.82, 2.24) is 14.8 Å². The van der Waals surface area contributed by atoms with E-state index in [0.29, 0.717) is 0 Å². The van der Waals surface area contributed by atoms with Gasteiger partial charge in [-0.1, -0.05) is 47.6 Å².